The number of rotatable bonds is 2. The predicted molar refractivity (Wildman–Crippen MR) is 70.9 cm³/mol. The van der Waals surface area contributed by atoms with Crippen molar-refractivity contribution in [3.8, 4) is 5.75 Å². The number of carbonyl (C=O) groups excluding carboxylic acids is 1. The van der Waals surface area contributed by atoms with Crippen LogP contribution in [0.2, 0.25) is 0 Å². The van der Waals surface area contributed by atoms with Gasteiger partial charge in [0.25, 0.3) is 0 Å². The largest absolute Gasteiger partial charge is 0.415 e. The maximum atomic E-state index is 12.0. The van der Waals surface area contributed by atoms with Crippen LogP contribution in [0.15, 0.2) is 24.3 Å². The Morgan fingerprint density at radius 2 is 2.06 bits per heavy atom. The van der Waals surface area contributed by atoms with E-state index in [0.717, 1.165) is 32.5 Å². The molecule has 0 atom stereocenters. The monoisotopic (exact) mass is 248 g/mol. The Kier molecular flexibility index (Phi) is 4.59. The van der Waals surface area contributed by atoms with Crippen LogP contribution in [0.5, 0.6) is 5.75 Å². The zero-order chi connectivity index (χ0) is 12.8. The number of carbonyl (C=O) groups is 1. The number of hydrogen-bond acceptors (Lipinski definition) is 3. The summed E-state index contributed by atoms with van der Waals surface area (Å²) in [5, 5.41) is 3.26. The molecule has 1 N–H and O–H groups in total. The van der Waals surface area contributed by atoms with Gasteiger partial charge in [-0.25, -0.2) is 4.79 Å². The van der Waals surface area contributed by atoms with Gasteiger partial charge in [-0.05, 0) is 37.1 Å². The normalized spacial score (nSPS) is 16.2. The summed E-state index contributed by atoms with van der Waals surface area (Å²) < 4.78 is 5.37. The van der Waals surface area contributed by atoms with E-state index in [9.17, 15) is 4.79 Å². The van der Waals surface area contributed by atoms with E-state index in [4.69, 9.17) is 4.74 Å². The Labute approximate surface area is 108 Å². The van der Waals surface area contributed by atoms with Gasteiger partial charge >= 0.3 is 6.09 Å². The van der Waals surface area contributed by atoms with E-state index < -0.39 is 0 Å². The molecule has 0 spiro atoms. The summed E-state index contributed by atoms with van der Waals surface area (Å²) in [6, 6.07) is 7.69. The molecule has 1 saturated heterocycles. The van der Waals surface area contributed by atoms with E-state index in [1.54, 1.807) is 4.90 Å². The molecular formula is C14H20N2O2. The Morgan fingerprint density at radius 1 is 1.28 bits per heavy atom. The third kappa shape index (κ3) is 3.47. The molecule has 18 heavy (non-hydrogen) atoms. The lowest BCUT2D eigenvalue weighted by atomic mass is 10.2. The van der Waals surface area contributed by atoms with Gasteiger partial charge in [-0.3, -0.25) is 0 Å². The predicted octanol–water partition coefficient (Wildman–Crippen LogP) is 2.04. The summed E-state index contributed by atoms with van der Waals surface area (Å²) in [6.45, 7) is 5.38. The van der Waals surface area contributed by atoms with Crippen molar-refractivity contribution >= 4 is 6.09 Å². The van der Waals surface area contributed by atoms with E-state index in [1.807, 2.05) is 24.3 Å². The molecule has 1 aromatic rings. The average molecular weight is 248 g/mol. The topological polar surface area (TPSA) is 41.6 Å². The van der Waals surface area contributed by atoms with Gasteiger partial charge in [0.1, 0.15) is 5.75 Å². The van der Waals surface area contributed by atoms with Gasteiger partial charge in [0, 0.05) is 19.6 Å². The van der Waals surface area contributed by atoms with Crippen LogP contribution in [-0.4, -0.2) is 37.2 Å². The van der Waals surface area contributed by atoms with Crippen molar-refractivity contribution in [2.45, 2.75) is 19.8 Å². The van der Waals surface area contributed by atoms with Crippen molar-refractivity contribution < 1.29 is 9.53 Å². The van der Waals surface area contributed by atoms with E-state index in [1.165, 1.54) is 5.56 Å². The lowest BCUT2D eigenvalue weighted by molar-refractivity contribution is 0.155. The molecule has 0 saturated carbocycles. The van der Waals surface area contributed by atoms with E-state index >= 15 is 0 Å². The highest BCUT2D eigenvalue weighted by Crippen LogP contribution is 2.14. The number of benzene rings is 1. The Hall–Kier alpha value is -1.55. The van der Waals surface area contributed by atoms with Crippen LogP contribution in [0.25, 0.3) is 0 Å². The maximum absolute atomic E-state index is 12.0. The maximum Gasteiger partial charge on any atom is 0.415 e. The molecule has 0 aromatic heterocycles. The van der Waals surface area contributed by atoms with Crippen molar-refractivity contribution in [2.75, 3.05) is 26.2 Å². The van der Waals surface area contributed by atoms with Gasteiger partial charge in [0.15, 0.2) is 0 Å². The fourth-order valence-electron chi connectivity index (χ4n) is 1.99. The highest BCUT2D eigenvalue weighted by Gasteiger charge is 2.16. The van der Waals surface area contributed by atoms with Crippen LogP contribution in [-0.2, 0) is 6.42 Å². The summed E-state index contributed by atoms with van der Waals surface area (Å²) in [5.74, 6) is 0.620. The second kappa shape index (κ2) is 6.40. The van der Waals surface area contributed by atoms with Crippen molar-refractivity contribution in [1.29, 1.82) is 0 Å². The summed E-state index contributed by atoms with van der Waals surface area (Å²) in [6.07, 6.45) is 1.72. The number of aryl methyl sites for hydroxylation is 1. The second-order valence-corrected chi connectivity index (χ2v) is 4.46. The molecule has 2 rings (SSSR count). The number of amides is 1. The zero-order valence-corrected chi connectivity index (χ0v) is 10.8. The first-order valence-electron chi connectivity index (χ1n) is 6.56. The Bertz CT molecular complexity index is 381. The van der Waals surface area contributed by atoms with Gasteiger partial charge < -0.3 is 15.0 Å². The number of nitrogens with one attached hydrogen (secondary N) is 1. The third-order valence-electron chi connectivity index (χ3n) is 3.14. The average Bonchev–Trinajstić information content (AvgIpc) is 2.68. The lowest BCUT2D eigenvalue weighted by Gasteiger charge is -2.19. The fraction of sp³-hybridized carbons (Fsp3) is 0.500. The minimum absolute atomic E-state index is 0.247. The Morgan fingerprint density at radius 3 is 2.78 bits per heavy atom. The minimum atomic E-state index is -0.247. The summed E-state index contributed by atoms with van der Waals surface area (Å²) >= 11 is 0. The van der Waals surface area contributed by atoms with Gasteiger partial charge in [-0.15, -0.1) is 0 Å². The van der Waals surface area contributed by atoms with Gasteiger partial charge in [-0.2, -0.15) is 0 Å². The fourth-order valence-corrected chi connectivity index (χ4v) is 1.99. The smallest absolute Gasteiger partial charge is 0.410 e. The molecule has 0 bridgehead atoms. The van der Waals surface area contributed by atoms with Crippen LogP contribution >= 0.6 is 0 Å². The first-order chi connectivity index (χ1) is 8.79. The lowest BCUT2D eigenvalue weighted by Crippen LogP contribution is -2.36. The molecule has 1 fully saturated rings. The molecule has 1 amide bonds. The molecule has 0 radical (unpaired) electrons. The van der Waals surface area contributed by atoms with Gasteiger partial charge in [0.2, 0.25) is 0 Å². The third-order valence-corrected chi connectivity index (χ3v) is 3.14. The van der Waals surface area contributed by atoms with Crippen LogP contribution in [0.1, 0.15) is 18.9 Å². The molecule has 4 nitrogen and oxygen atoms in total. The molecule has 4 heteroatoms. The quantitative estimate of drug-likeness (QED) is 0.871. The molecule has 0 aliphatic carbocycles. The van der Waals surface area contributed by atoms with Gasteiger partial charge in [-0.1, -0.05) is 19.1 Å². The van der Waals surface area contributed by atoms with Gasteiger partial charge in [0.05, 0.1) is 0 Å². The molecule has 1 aliphatic heterocycles. The molecule has 0 unspecified atom stereocenters. The molecule has 1 aliphatic rings. The molecule has 1 heterocycles. The molecular weight excluding hydrogens is 228 g/mol. The van der Waals surface area contributed by atoms with Crippen molar-refractivity contribution in [2.24, 2.45) is 0 Å². The molecule has 1 aromatic carbocycles. The van der Waals surface area contributed by atoms with E-state index in [-0.39, 0.29) is 6.09 Å². The summed E-state index contributed by atoms with van der Waals surface area (Å²) in [5.41, 5.74) is 1.24. The molecule has 98 valence electrons. The van der Waals surface area contributed by atoms with Crippen LogP contribution in [0, 0.1) is 0 Å². The number of hydrogen-bond donors (Lipinski definition) is 1. The zero-order valence-electron chi connectivity index (χ0n) is 10.8. The highest BCUT2D eigenvalue weighted by molar-refractivity contribution is 5.70. The SMILES string of the molecule is CCc1ccc(OC(=O)N2CCCNCC2)cc1. The first-order valence-corrected chi connectivity index (χ1v) is 6.56. The van der Waals surface area contributed by atoms with Crippen LogP contribution in [0.4, 0.5) is 4.79 Å². The van der Waals surface area contributed by atoms with Crippen LogP contribution in [0.3, 0.4) is 0 Å². The van der Waals surface area contributed by atoms with Crippen molar-refractivity contribution in [3.05, 3.63) is 29.8 Å². The van der Waals surface area contributed by atoms with Crippen LogP contribution < -0.4 is 10.1 Å². The first kappa shape index (κ1) is 12.9. The minimum Gasteiger partial charge on any atom is -0.410 e. The highest BCUT2D eigenvalue weighted by atomic mass is 16.6. The Balaban J connectivity index is 1.92. The van der Waals surface area contributed by atoms with E-state index in [0.29, 0.717) is 12.3 Å². The van der Waals surface area contributed by atoms with Crippen molar-refractivity contribution in [3.63, 3.8) is 0 Å². The summed E-state index contributed by atoms with van der Waals surface area (Å²) in [4.78, 5) is 13.7. The van der Waals surface area contributed by atoms with Crippen molar-refractivity contribution in [1.82, 2.24) is 10.2 Å². The standard InChI is InChI=1S/C14H20N2O2/c1-2-12-4-6-13(7-5-12)18-14(17)16-10-3-8-15-9-11-16/h4-7,15H,2-3,8-11H2,1H3. The number of ether oxygens (including phenoxy) is 1. The number of nitrogens with zero attached hydrogens (tertiary/aromatic N) is 1. The summed E-state index contributed by atoms with van der Waals surface area (Å²) in [7, 11) is 0. The van der Waals surface area contributed by atoms with E-state index in [2.05, 4.69) is 12.2 Å². The second-order valence-electron chi connectivity index (χ2n) is 4.46.